The standard InChI is InChI=1S/C23H25N3O2S/c1-16-7-8-20(11-17(16)2)26-10-9-24-23(26)29-15-22(27)25-13-18-12-19-5-3-4-6-21(19)28-14-18/h3-11,18H,12-15H2,1-2H3,(H,25,27). The van der Waals surface area contributed by atoms with Gasteiger partial charge in [-0.15, -0.1) is 0 Å². The van der Waals surface area contributed by atoms with Crippen LogP contribution >= 0.6 is 11.8 Å². The zero-order chi connectivity index (χ0) is 20.2. The minimum atomic E-state index is 0.0171. The van der Waals surface area contributed by atoms with Crippen molar-refractivity contribution in [3.8, 4) is 11.4 Å². The Kier molecular flexibility index (Phi) is 5.90. The maximum Gasteiger partial charge on any atom is 0.230 e. The van der Waals surface area contributed by atoms with Crippen molar-refractivity contribution >= 4 is 17.7 Å². The van der Waals surface area contributed by atoms with Gasteiger partial charge in [0, 0.05) is 30.5 Å². The molecule has 0 radical (unpaired) electrons. The summed E-state index contributed by atoms with van der Waals surface area (Å²) < 4.78 is 7.82. The van der Waals surface area contributed by atoms with Gasteiger partial charge in [-0.2, -0.15) is 0 Å². The zero-order valence-electron chi connectivity index (χ0n) is 16.7. The molecular weight excluding hydrogens is 382 g/mol. The topological polar surface area (TPSA) is 56.2 Å². The maximum absolute atomic E-state index is 12.4. The Hall–Kier alpha value is -2.73. The Morgan fingerprint density at radius 2 is 2.10 bits per heavy atom. The fraction of sp³-hybridized carbons (Fsp3) is 0.304. The van der Waals surface area contributed by atoms with Gasteiger partial charge in [0.1, 0.15) is 5.75 Å². The van der Waals surface area contributed by atoms with E-state index in [9.17, 15) is 4.79 Å². The number of nitrogens with zero attached hydrogens (tertiary/aromatic N) is 2. The minimum absolute atomic E-state index is 0.0171. The van der Waals surface area contributed by atoms with E-state index >= 15 is 0 Å². The molecule has 5 nitrogen and oxygen atoms in total. The van der Waals surface area contributed by atoms with Crippen LogP contribution in [0.3, 0.4) is 0 Å². The average molecular weight is 408 g/mol. The van der Waals surface area contributed by atoms with Crippen LogP contribution in [0.1, 0.15) is 16.7 Å². The van der Waals surface area contributed by atoms with Crippen LogP contribution in [-0.2, 0) is 11.2 Å². The Balaban J connectivity index is 1.30. The summed E-state index contributed by atoms with van der Waals surface area (Å²) in [4.78, 5) is 16.8. The number of hydrogen-bond acceptors (Lipinski definition) is 4. The maximum atomic E-state index is 12.4. The molecule has 1 aliphatic rings. The zero-order valence-corrected chi connectivity index (χ0v) is 17.5. The van der Waals surface area contributed by atoms with Gasteiger partial charge in [-0.1, -0.05) is 36.0 Å². The van der Waals surface area contributed by atoms with Crippen LogP contribution < -0.4 is 10.1 Å². The number of aromatic nitrogens is 2. The summed E-state index contributed by atoms with van der Waals surface area (Å²) in [5, 5.41) is 3.86. The number of rotatable bonds is 6. The van der Waals surface area contributed by atoms with E-state index in [0.717, 1.165) is 23.0 Å². The molecule has 0 fully saturated rings. The minimum Gasteiger partial charge on any atom is -0.493 e. The molecule has 0 aliphatic carbocycles. The number of fused-ring (bicyclic) bond motifs is 1. The molecule has 1 atom stereocenters. The number of para-hydroxylation sites is 1. The number of carbonyl (C=O) groups excluding carboxylic acids is 1. The van der Waals surface area contributed by atoms with Crippen LogP contribution in [-0.4, -0.2) is 34.4 Å². The van der Waals surface area contributed by atoms with Crippen molar-refractivity contribution in [2.24, 2.45) is 5.92 Å². The van der Waals surface area contributed by atoms with Crippen molar-refractivity contribution in [2.45, 2.75) is 25.4 Å². The summed E-state index contributed by atoms with van der Waals surface area (Å²) in [5.74, 6) is 1.62. The van der Waals surface area contributed by atoms with Gasteiger partial charge < -0.3 is 10.1 Å². The fourth-order valence-electron chi connectivity index (χ4n) is 3.43. The van der Waals surface area contributed by atoms with E-state index in [1.807, 2.05) is 29.0 Å². The molecule has 29 heavy (non-hydrogen) atoms. The molecule has 1 N–H and O–H groups in total. The molecule has 1 amide bonds. The van der Waals surface area contributed by atoms with Crippen LogP contribution in [0.4, 0.5) is 0 Å². The number of hydrogen-bond donors (Lipinski definition) is 1. The number of benzene rings is 2. The third-order valence-electron chi connectivity index (χ3n) is 5.25. The molecule has 0 saturated heterocycles. The number of ether oxygens (including phenoxy) is 1. The second-order valence-electron chi connectivity index (χ2n) is 7.43. The SMILES string of the molecule is Cc1ccc(-n2ccnc2SCC(=O)NCC2COc3ccccc3C2)cc1C. The molecule has 1 aromatic heterocycles. The summed E-state index contributed by atoms with van der Waals surface area (Å²) in [5.41, 5.74) is 4.77. The molecule has 0 bridgehead atoms. The van der Waals surface area contributed by atoms with Crippen molar-refractivity contribution < 1.29 is 9.53 Å². The molecule has 1 unspecified atom stereocenters. The molecule has 0 saturated carbocycles. The Morgan fingerprint density at radius 3 is 2.97 bits per heavy atom. The van der Waals surface area contributed by atoms with Crippen molar-refractivity contribution in [3.05, 3.63) is 71.5 Å². The van der Waals surface area contributed by atoms with Crippen molar-refractivity contribution in [2.75, 3.05) is 18.9 Å². The summed E-state index contributed by atoms with van der Waals surface area (Å²) in [6, 6.07) is 14.4. The lowest BCUT2D eigenvalue weighted by atomic mass is 9.97. The van der Waals surface area contributed by atoms with Gasteiger partial charge in [-0.25, -0.2) is 4.98 Å². The quantitative estimate of drug-likeness (QED) is 0.629. The average Bonchev–Trinajstić information content (AvgIpc) is 3.21. The number of aryl methyl sites for hydroxylation is 2. The molecule has 2 heterocycles. The van der Waals surface area contributed by atoms with E-state index in [1.165, 1.54) is 28.5 Å². The number of imidazole rings is 1. The van der Waals surface area contributed by atoms with Gasteiger partial charge in [-0.3, -0.25) is 9.36 Å². The first-order valence-corrected chi connectivity index (χ1v) is 10.8. The van der Waals surface area contributed by atoms with Crippen LogP contribution in [0.2, 0.25) is 0 Å². The van der Waals surface area contributed by atoms with Gasteiger partial charge >= 0.3 is 0 Å². The molecule has 2 aromatic carbocycles. The van der Waals surface area contributed by atoms with Crippen molar-refractivity contribution in [3.63, 3.8) is 0 Å². The first-order chi connectivity index (χ1) is 14.1. The number of nitrogens with one attached hydrogen (secondary N) is 1. The van der Waals surface area contributed by atoms with Crippen LogP contribution in [0.15, 0.2) is 60.0 Å². The molecule has 150 valence electrons. The van der Waals surface area contributed by atoms with Gasteiger partial charge in [0.05, 0.1) is 12.4 Å². The fourth-order valence-corrected chi connectivity index (χ4v) is 4.23. The summed E-state index contributed by atoms with van der Waals surface area (Å²) >= 11 is 1.45. The lowest BCUT2D eigenvalue weighted by Gasteiger charge is -2.25. The van der Waals surface area contributed by atoms with Crippen LogP contribution in [0.5, 0.6) is 5.75 Å². The van der Waals surface area contributed by atoms with Gasteiger partial charge in [0.2, 0.25) is 5.91 Å². The highest BCUT2D eigenvalue weighted by atomic mass is 32.2. The second kappa shape index (κ2) is 8.74. The number of carbonyl (C=O) groups is 1. The highest BCUT2D eigenvalue weighted by Crippen LogP contribution is 2.26. The van der Waals surface area contributed by atoms with Crippen LogP contribution in [0, 0.1) is 19.8 Å². The van der Waals surface area contributed by atoms with Gasteiger partial charge in [0.25, 0.3) is 0 Å². The van der Waals surface area contributed by atoms with E-state index in [4.69, 9.17) is 4.74 Å². The summed E-state index contributed by atoms with van der Waals surface area (Å²) in [6.07, 6.45) is 4.63. The lowest BCUT2D eigenvalue weighted by Crippen LogP contribution is -2.35. The largest absolute Gasteiger partial charge is 0.493 e. The third-order valence-corrected chi connectivity index (χ3v) is 6.22. The second-order valence-corrected chi connectivity index (χ2v) is 8.37. The van der Waals surface area contributed by atoms with E-state index in [2.05, 4.69) is 48.4 Å². The van der Waals surface area contributed by atoms with Crippen molar-refractivity contribution in [1.29, 1.82) is 0 Å². The predicted molar refractivity (Wildman–Crippen MR) is 116 cm³/mol. The monoisotopic (exact) mass is 407 g/mol. The molecule has 1 aliphatic heterocycles. The third kappa shape index (κ3) is 4.65. The van der Waals surface area contributed by atoms with Gasteiger partial charge in [-0.05, 0) is 55.2 Å². The summed E-state index contributed by atoms with van der Waals surface area (Å²) in [7, 11) is 0. The number of thioether (sulfide) groups is 1. The Labute approximate surface area is 175 Å². The van der Waals surface area contributed by atoms with E-state index in [1.54, 1.807) is 6.20 Å². The first-order valence-electron chi connectivity index (χ1n) is 9.81. The molecular formula is C23H25N3O2S. The van der Waals surface area contributed by atoms with Crippen LogP contribution in [0.25, 0.3) is 5.69 Å². The van der Waals surface area contributed by atoms with E-state index in [0.29, 0.717) is 24.8 Å². The molecule has 4 rings (SSSR count). The van der Waals surface area contributed by atoms with E-state index < -0.39 is 0 Å². The Bertz CT molecular complexity index is 1010. The molecule has 3 aromatic rings. The summed E-state index contributed by atoms with van der Waals surface area (Å²) in [6.45, 7) is 5.47. The first kappa shape index (κ1) is 19.6. The Morgan fingerprint density at radius 1 is 1.24 bits per heavy atom. The van der Waals surface area contributed by atoms with Crippen molar-refractivity contribution in [1.82, 2.24) is 14.9 Å². The van der Waals surface area contributed by atoms with E-state index in [-0.39, 0.29) is 5.91 Å². The smallest absolute Gasteiger partial charge is 0.230 e. The number of amides is 1. The van der Waals surface area contributed by atoms with Gasteiger partial charge in [0.15, 0.2) is 5.16 Å². The molecule has 0 spiro atoms. The highest BCUT2D eigenvalue weighted by Gasteiger charge is 2.20. The highest BCUT2D eigenvalue weighted by molar-refractivity contribution is 7.99. The predicted octanol–water partition coefficient (Wildman–Crippen LogP) is 3.95. The molecule has 6 heteroatoms. The normalized spacial score (nSPS) is 15.4. The lowest BCUT2D eigenvalue weighted by molar-refractivity contribution is -0.118.